The van der Waals surface area contributed by atoms with Crippen molar-refractivity contribution in [2.45, 2.75) is 44.9 Å². The smallest absolute Gasteiger partial charge is 0.329 e. The molecule has 140 valence electrons. The average Bonchev–Trinajstić information content (AvgIpc) is 3.27. The first kappa shape index (κ1) is 17.5. The number of nitrogens with one attached hydrogen (secondary N) is 1. The van der Waals surface area contributed by atoms with Gasteiger partial charge in [-0.3, -0.25) is 4.79 Å². The summed E-state index contributed by atoms with van der Waals surface area (Å²) in [5.41, 5.74) is 3.50. The van der Waals surface area contributed by atoms with Crippen molar-refractivity contribution in [1.82, 2.24) is 10.3 Å². The Labute approximate surface area is 158 Å². The predicted octanol–water partition coefficient (Wildman–Crippen LogP) is 3.93. The van der Waals surface area contributed by atoms with Crippen molar-refractivity contribution in [2.75, 3.05) is 11.4 Å². The van der Waals surface area contributed by atoms with E-state index < -0.39 is 6.03 Å². The molecule has 0 radical (unpaired) electrons. The van der Waals surface area contributed by atoms with E-state index in [0.717, 1.165) is 17.1 Å². The van der Waals surface area contributed by atoms with E-state index in [-0.39, 0.29) is 12.5 Å². The van der Waals surface area contributed by atoms with E-state index >= 15 is 0 Å². The molecule has 2 aromatic rings. The highest BCUT2D eigenvalue weighted by molar-refractivity contribution is 6.19. The molecule has 2 fully saturated rings. The number of nitrogens with zero attached hydrogens (tertiary/aromatic N) is 2. The number of anilines is 1. The standard InChI is InChI=1S/C19H17N3O3.C2H6/c23-16-11-21-18(24)22(16)13-4-5-15(20-10-13)25-14-3-1-2-12-6-7-19(8-9-19)17(12)14;1-2/h1-5,10H,6-9,11H2,(H,21,24);1-2H3. The highest BCUT2D eigenvalue weighted by Gasteiger charge is 2.50. The molecule has 1 aliphatic heterocycles. The summed E-state index contributed by atoms with van der Waals surface area (Å²) >= 11 is 0. The molecular weight excluding hydrogens is 342 g/mol. The number of imide groups is 1. The zero-order valence-corrected chi connectivity index (χ0v) is 15.6. The second-order valence-corrected chi connectivity index (χ2v) is 6.92. The van der Waals surface area contributed by atoms with Crippen molar-refractivity contribution in [1.29, 1.82) is 0 Å². The van der Waals surface area contributed by atoms with Gasteiger partial charge in [0.2, 0.25) is 5.88 Å². The normalized spacial score (nSPS) is 18.7. The van der Waals surface area contributed by atoms with Crippen LogP contribution in [0.1, 0.15) is 44.2 Å². The van der Waals surface area contributed by atoms with Crippen LogP contribution in [-0.2, 0) is 16.6 Å². The Morgan fingerprint density at radius 1 is 1.11 bits per heavy atom. The minimum Gasteiger partial charge on any atom is -0.439 e. The molecular formula is C21H23N3O3. The van der Waals surface area contributed by atoms with Gasteiger partial charge in [0.25, 0.3) is 5.91 Å². The number of fused-ring (bicyclic) bond motifs is 2. The lowest BCUT2D eigenvalue weighted by Crippen LogP contribution is -2.30. The van der Waals surface area contributed by atoms with Gasteiger partial charge in [-0.05, 0) is 48.8 Å². The van der Waals surface area contributed by atoms with Crippen LogP contribution in [0.15, 0.2) is 36.5 Å². The van der Waals surface area contributed by atoms with Crippen LogP contribution in [0, 0.1) is 0 Å². The number of ether oxygens (including phenoxy) is 1. The Morgan fingerprint density at radius 3 is 2.56 bits per heavy atom. The third-order valence-corrected chi connectivity index (χ3v) is 5.41. The number of pyridine rings is 1. The van der Waals surface area contributed by atoms with Gasteiger partial charge in [-0.1, -0.05) is 26.0 Å². The van der Waals surface area contributed by atoms with Crippen LogP contribution in [0.4, 0.5) is 10.5 Å². The number of aryl methyl sites for hydroxylation is 1. The van der Waals surface area contributed by atoms with Crippen LogP contribution >= 0.6 is 0 Å². The Bertz CT molecular complexity index is 872. The fourth-order valence-electron chi connectivity index (χ4n) is 3.98. The zero-order valence-electron chi connectivity index (χ0n) is 15.6. The van der Waals surface area contributed by atoms with Gasteiger partial charge >= 0.3 is 6.03 Å². The van der Waals surface area contributed by atoms with Crippen LogP contribution in [0.2, 0.25) is 0 Å². The van der Waals surface area contributed by atoms with E-state index in [1.165, 1.54) is 36.6 Å². The number of carbonyl (C=O) groups is 2. The van der Waals surface area contributed by atoms with Crippen molar-refractivity contribution in [3.05, 3.63) is 47.7 Å². The van der Waals surface area contributed by atoms with Gasteiger partial charge in [-0.2, -0.15) is 0 Å². The first-order valence-corrected chi connectivity index (χ1v) is 9.53. The Morgan fingerprint density at radius 2 is 1.93 bits per heavy atom. The first-order chi connectivity index (χ1) is 13.2. The molecule has 0 atom stereocenters. The topological polar surface area (TPSA) is 71.5 Å². The molecule has 3 aliphatic rings. The van der Waals surface area contributed by atoms with Crippen molar-refractivity contribution in [2.24, 2.45) is 0 Å². The summed E-state index contributed by atoms with van der Waals surface area (Å²) in [5, 5.41) is 2.49. The van der Waals surface area contributed by atoms with Gasteiger partial charge in [-0.25, -0.2) is 14.7 Å². The summed E-state index contributed by atoms with van der Waals surface area (Å²) in [6.45, 7) is 4.02. The number of amides is 3. The molecule has 2 aliphatic carbocycles. The van der Waals surface area contributed by atoms with E-state index in [2.05, 4.69) is 16.4 Å². The van der Waals surface area contributed by atoms with Crippen molar-refractivity contribution in [3.63, 3.8) is 0 Å². The number of aromatic nitrogens is 1. The maximum atomic E-state index is 11.8. The van der Waals surface area contributed by atoms with E-state index in [9.17, 15) is 9.59 Å². The molecule has 3 amide bonds. The zero-order chi connectivity index (χ0) is 19.0. The van der Waals surface area contributed by atoms with E-state index in [1.807, 2.05) is 26.0 Å². The first-order valence-electron chi connectivity index (χ1n) is 9.53. The highest BCUT2D eigenvalue weighted by atomic mass is 16.5. The van der Waals surface area contributed by atoms with Gasteiger partial charge in [0, 0.05) is 11.6 Å². The molecule has 1 aromatic carbocycles. The van der Waals surface area contributed by atoms with Crippen LogP contribution in [0.3, 0.4) is 0 Å². The summed E-state index contributed by atoms with van der Waals surface area (Å²) in [5.74, 6) is 1.06. The maximum absolute atomic E-state index is 11.8. The van der Waals surface area contributed by atoms with Crippen LogP contribution in [0.25, 0.3) is 0 Å². The monoisotopic (exact) mass is 365 g/mol. The number of rotatable bonds is 3. The molecule has 1 aromatic heterocycles. The van der Waals surface area contributed by atoms with E-state index in [0.29, 0.717) is 17.0 Å². The van der Waals surface area contributed by atoms with Crippen LogP contribution in [-0.4, -0.2) is 23.5 Å². The van der Waals surface area contributed by atoms with E-state index in [4.69, 9.17) is 4.74 Å². The lowest BCUT2D eigenvalue weighted by Gasteiger charge is -2.16. The minimum atomic E-state index is -0.419. The summed E-state index contributed by atoms with van der Waals surface area (Å²) in [6.07, 6.45) is 6.29. The lowest BCUT2D eigenvalue weighted by molar-refractivity contribution is -0.115. The lowest BCUT2D eigenvalue weighted by atomic mass is 9.97. The second-order valence-electron chi connectivity index (χ2n) is 6.92. The molecule has 6 nitrogen and oxygen atoms in total. The van der Waals surface area contributed by atoms with Gasteiger partial charge in [0.15, 0.2) is 0 Å². The molecule has 5 rings (SSSR count). The van der Waals surface area contributed by atoms with E-state index in [1.54, 1.807) is 12.1 Å². The average molecular weight is 365 g/mol. The van der Waals surface area contributed by atoms with Crippen molar-refractivity contribution in [3.8, 4) is 11.6 Å². The number of benzene rings is 1. The molecule has 2 heterocycles. The molecule has 1 N–H and O–H groups in total. The van der Waals surface area contributed by atoms with Crippen molar-refractivity contribution >= 4 is 17.6 Å². The van der Waals surface area contributed by atoms with Gasteiger partial charge in [0.05, 0.1) is 18.4 Å². The fourth-order valence-corrected chi connectivity index (χ4v) is 3.98. The number of hydrogen-bond acceptors (Lipinski definition) is 4. The molecule has 1 saturated carbocycles. The summed E-state index contributed by atoms with van der Waals surface area (Å²) in [4.78, 5) is 28.8. The van der Waals surface area contributed by atoms with Crippen molar-refractivity contribution < 1.29 is 14.3 Å². The largest absolute Gasteiger partial charge is 0.439 e. The SMILES string of the molecule is CC.O=C1CNC(=O)N1c1ccc(Oc2cccc3c2C2(CC3)CC2)nc1. The Hall–Kier alpha value is -2.89. The molecule has 6 heteroatoms. The number of carbonyl (C=O) groups excluding carboxylic acids is 2. The Kier molecular flexibility index (Phi) is 4.34. The maximum Gasteiger partial charge on any atom is 0.329 e. The third-order valence-electron chi connectivity index (χ3n) is 5.41. The highest BCUT2D eigenvalue weighted by Crippen LogP contribution is 2.59. The van der Waals surface area contributed by atoms with Gasteiger partial charge < -0.3 is 10.1 Å². The number of hydrogen-bond donors (Lipinski definition) is 1. The molecule has 27 heavy (non-hydrogen) atoms. The minimum absolute atomic E-state index is 0.0231. The quantitative estimate of drug-likeness (QED) is 0.837. The second kappa shape index (κ2) is 6.68. The predicted molar refractivity (Wildman–Crippen MR) is 102 cm³/mol. The summed E-state index contributed by atoms with van der Waals surface area (Å²) in [6, 6.07) is 9.17. The summed E-state index contributed by atoms with van der Waals surface area (Å²) in [7, 11) is 0. The fraction of sp³-hybridized carbons (Fsp3) is 0.381. The van der Waals surface area contributed by atoms with Gasteiger partial charge in [0.1, 0.15) is 5.75 Å². The molecule has 1 saturated heterocycles. The summed E-state index contributed by atoms with van der Waals surface area (Å²) < 4.78 is 6.05. The molecule has 1 spiro atoms. The van der Waals surface area contributed by atoms with Crippen LogP contribution < -0.4 is 15.0 Å². The Balaban J connectivity index is 0.000000872. The molecule has 0 unspecified atom stereocenters. The van der Waals surface area contributed by atoms with Crippen LogP contribution in [0.5, 0.6) is 11.6 Å². The number of urea groups is 1. The van der Waals surface area contributed by atoms with Gasteiger partial charge in [-0.15, -0.1) is 0 Å². The third kappa shape index (κ3) is 2.95. The molecule has 0 bridgehead atoms.